The molecule has 112 valence electrons. The molecule has 21 heavy (non-hydrogen) atoms. The highest BCUT2D eigenvalue weighted by molar-refractivity contribution is 6.41. The van der Waals surface area contributed by atoms with E-state index < -0.39 is 6.04 Å². The zero-order valence-corrected chi connectivity index (χ0v) is 12.5. The van der Waals surface area contributed by atoms with E-state index in [1.54, 1.807) is 6.92 Å². The van der Waals surface area contributed by atoms with Gasteiger partial charge in [-0.25, -0.2) is 0 Å². The van der Waals surface area contributed by atoms with E-state index in [4.69, 9.17) is 0 Å². The van der Waals surface area contributed by atoms with Crippen molar-refractivity contribution in [2.24, 2.45) is 5.10 Å². The molecule has 0 bridgehead atoms. The van der Waals surface area contributed by atoms with Crippen LogP contribution < -0.4 is 10.6 Å². The highest BCUT2D eigenvalue weighted by Crippen LogP contribution is 2.12. The van der Waals surface area contributed by atoms with Gasteiger partial charge >= 0.3 is 0 Å². The molecule has 1 aromatic carbocycles. The number of amides is 2. The van der Waals surface area contributed by atoms with Crippen LogP contribution in [0.2, 0.25) is 0 Å². The van der Waals surface area contributed by atoms with Crippen molar-refractivity contribution < 1.29 is 9.59 Å². The highest BCUT2D eigenvalue weighted by atomic mass is 16.2. The third kappa shape index (κ3) is 3.81. The monoisotopic (exact) mass is 288 g/mol. The fourth-order valence-corrected chi connectivity index (χ4v) is 2.21. The van der Waals surface area contributed by atoms with Gasteiger partial charge in [0.1, 0.15) is 11.9 Å². The Bertz CT molecular complexity index is 556. The maximum atomic E-state index is 12.0. The molecule has 2 unspecified atom stereocenters. The summed E-state index contributed by atoms with van der Waals surface area (Å²) in [5.74, 6) is -0.431. The molecule has 0 saturated heterocycles. The highest BCUT2D eigenvalue weighted by Gasteiger charge is 2.29. The van der Waals surface area contributed by atoms with E-state index in [2.05, 4.69) is 15.7 Å². The van der Waals surface area contributed by atoms with E-state index in [1.165, 1.54) is 6.92 Å². The Hall–Kier alpha value is -2.37. The molecule has 1 heterocycles. The third-order valence-electron chi connectivity index (χ3n) is 3.27. The molecule has 1 aromatic rings. The molecule has 6 nitrogen and oxygen atoms in total. The van der Waals surface area contributed by atoms with Crippen LogP contribution in [0.4, 0.5) is 0 Å². The predicted molar refractivity (Wildman–Crippen MR) is 80.3 cm³/mol. The molecule has 0 fully saturated rings. The molecule has 2 N–H and O–H groups in total. The van der Waals surface area contributed by atoms with Crippen molar-refractivity contribution in [2.75, 3.05) is 0 Å². The van der Waals surface area contributed by atoms with Crippen molar-refractivity contribution in [1.29, 1.82) is 0 Å². The number of carbonyl (C=O) groups is 2. The smallest absolute Gasteiger partial charge is 0.271 e. The van der Waals surface area contributed by atoms with Gasteiger partial charge in [-0.05, 0) is 19.4 Å². The average Bonchev–Trinajstić information content (AvgIpc) is 2.42. The Morgan fingerprint density at radius 2 is 2.10 bits per heavy atom. The van der Waals surface area contributed by atoms with Crippen LogP contribution in [0, 0.1) is 0 Å². The minimum Gasteiger partial charge on any atom is -0.348 e. The Kier molecular flexibility index (Phi) is 4.57. The summed E-state index contributed by atoms with van der Waals surface area (Å²) < 4.78 is 0. The van der Waals surface area contributed by atoms with Crippen molar-refractivity contribution in [3.63, 3.8) is 0 Å². The van der Waals surface area contributed by atoms with Gasteiger partial charge in [-0.2, -0.15) is 5.10 Å². The fourth-order valence-electron chi connectivity index (χ4n) is 2.21. The van der Waals surface area contributed by atoms with E-state index in [1.807, 2.05) is 42.3 Å². The summed E-state index contributed by atoms with van der Waals surface area (Å²) in [6.07, 6.45) is -0.189. The van der Waals surface area contributed by atoms with Crippen LogP contribution in [-0.4, -0.2) is 34.7 Å². The Balaban J connectivity index is 2.18. The molecule has 6 heteroatoms. The summed E-state index contributed by atoms with van der Waals surface area (Å²) in [6, 6.07) is 9.48. The van der Waals surface area contributed by atoms with Crippen molar-refractivity contribution in [3.05, 3.63) is 35.9 Å². The minimum absolute atomic E-state index is 0.189. The fraction of sp³-hybridized carbons (Fsp3) is 0.400. The molecule has 0 spiro atoms. The molecule has 0 aromatic heterocycles. The third-order valence-corrected chi connectivity index (χ3v) is 3.27. The number of benzene rings is 1. The summed E-state index contributed by atoms with van der Waals surface area (Å²) >= 11 is 0. The van der Waals surface area contributed by atoms with Crippen LogP contribution >= 0.6 is 0 Å². The van der Waals surface area contributed by atoms with Gasteiger partial charge in [0.05, 0.1) is 12.6 Å². The van der Waals surface area contributed by atoms with Crippen LogP contribution in [0.25, 0.3) is 0 Å². The lowest BCUT2D eigenvalue weighted by molar-refractivity contribution is -0.119. The van der Waals surface area contributed by atoms with Gasteiger partial charge in [0, 0.05) is 6.92 Å². The van der Waals surface area contributed by atoms with Crippen molar-refractivity contribution >= 4 is 17.5 Å². The zero-order chi connectivity index (χ0) is 15.4. The molecule has 2 rings (SSSR count). The zero-order valence-electron chi connectivity index (χ0n) is 12.5. The van der Waals surface area contributed by atoms with Crippen LogP contribution in [-0.2, 0) is 16.1 Å². The second-order valence-electron chi connectivity index (χ2n) is 5.14. The first kappa shape index (κ1) is 15.0. The van der Waals surface area contributed by atoms with Gasteiger partial charge in [-0.15, -0.1) is 0 Å². The summed E-state index contributed by atoms with van der Waals surface area (Å²) in [5, 5.41) is 11.8. The average molecular weight is 288 g/mol. The van der Waals surface area contributed by atoms with Gasteiger partial charge in [0.15, 0.2) is 0 Å². The predicted octanol–water partition coefficient (Wildman–Crippen LogP) is 0.845. The number of nitrogens with zero attached hydrogens (tertiary/aromatic N) is 2. The van der Waals surface area contributed by atoms with E-state index in [-0.39, 0.29) is 18.0 Å². The lowest BCUT2D eigenvalue weighted by Gasteiger charge is -2.33. The Morgan fingerprint density at radius 3 is 2.71 bits per heavy atom. The van der Waals surface area contributed by atoms with Crippen molar-refractivity contribution in [1.82, 2.24) is 15.6 Å². The normalized spacial score (nSPS) is 19.6. The van der Waals surface area contributed by atoms with Crippen LogP contribution in [0.1, 0.15) is 26.3 Å². The maximum absolute atomic E-state index is 12.0. The van der Waals surface area contributed by atoms with Gasteiger partial charge in [0.2, 0.25) is 5.91 Å². The molecule has 0 radical (unpaired) electrons. The lowest BCUT2D eigenvalue weighted by atomic mass is 10.1. The van der Waals surface area contributed by atoms with E-state index in [0.29, 0.717) is 12.3 Å². The molecular weight excluding hydrogens is 268 g/mol. The van der Waals surface area contributed by atoms with Crippen LogP contribution in [0.3, 0.4) is 0 Å². The van der Waals surface area contributed by atoms with E-state index in [0.717, 1.165) is 5.56 Å². The number of nitrogens with one attached hydrogen (secondary N) is 2. The largest absolute Gasteiger partial charge is 0.348 e. The SMILES string of the molecule is CC(=O)NC(C)C1=NN(Cc2ccccc2)C(C)NC1=O. The summed E-state index contributed by atoms with van der Waals surface area (Å²) in [7, 11) is 0. The van der Waals surface area contributed by atoms with Crippen LogP contribution in [0.15, 0.2) is 35.4 Å². The van der Waals surface area contributed by atoms with Crippen LogP contribution in [0.5, 0.6) is 0 Å². The van der Waals surface area contributed by atoms with E-state index in [9.17, 15) is 9.59 Å². The summed E-state index contributed by atoms with van der Waals surface area (Å²) in [6.45, 7) is 5.64. The molecule has 2 amide bonds. The number of carbonyl (C=O) groups excluding carboxylic acids is 2. The van der Waals surface area contributed by atoms with Crippen molar-refractivity contribution in [3.8, 4) is 0 Å². The first-order valence-electron chi connectivity index (χ1n) is 6.94. The quantitative estimate of drug-likeness (QED) is 0.862. The molecule has 0 aliphatic carbocycles. The minimum atomic E-state index is -0.423. The lowest BCUT2D eigenvalue weighted by Crippen LogP contribution is -2.56. The van der Waals surface area contributed by atoms with Gasteiger partial charge in [-0.1, -0.05) is 30.3 Å². The first-order valence-corrected chi connectivity index (χ1v) is 6.94. The second kappa shape index (κ2) is 6.39. The molecular formula is C15H20N4O2. The number of hydrogen-bond acceptors (Lipinski definition) is 4. The van der Waals surface area contributed by atoms with E-state index >= 15 is 0 Å². The number of rotatable bonds is 4. The van der Waals surface area contributed by atoms with Crippen molar-refractivity contribution in [2.45, 2.75) is 39.5 Å². The Morgan fingerprint density at radius 1 is 1.43 bits per heavy atom. The molecule has 2 atom stereocenters. The second-order valence-corrected chi connectivity index (χ2v) is 5.14. The van der Waals surface area contributed by atoms with Gasteiger partial charge in [0.25, 0.3) is 5.91 Å². The first-order chi connectivity index (χ1) is 9.97. The summed E-state index contributed by atoms with van der Waals surface area (Å²) in [4.78, 5) is 23.1. The molecule has 1 aliphatic rings. The summed E-state index contributed by atoms with van der Waals surface area (Å²) in [5.41, 5.74) is 1.43. The standard InChI is InChI=1S/C15H20N4O2/c1-10(16-12(3)20)14-15(21)17-11(2)19(18-14)9-13-7-5-4-6-8-13/h4-8,10-11H,9H2,1-3H3,(H,16,20)(H,17,21). The number of hydrogen-bond donors (Lipinski definition) is 2. The van der Waals surface area contributed by atoms with Gasteiger partial charge < -0.3 is 10.6 Å². The molecule has 1 aliphatic heterocycles. The molecule has 0 saturated carbocycles. The number of hydrazone groups is 1. The maximum Gasteiger partial charge on any atom is 0.271 e. The Labute approximate surface area is 124 Å². The topological polar surface area (TPSA) is 73.8 Å². The van der Waals surface area contributed by atoms with Gasteiger partial charge in [-0.3, -0.25) is 14.6 Å².